The van der Waals surface area contributed by atoms with Crippen molar-refractivity contribution >= 4 is 24.8 Å². The summed E-state index contributed by atoms with van der Waals surface area (Å²) in [4.78, 5) is 4.77. The molecule has 1 aromatic heterocycles. The molecule has 0 atom stereocenters. The van der Waals surface area contributed by atoms with Gasteiger partial charge in [-0.05, 0) is 49.4 Å². The molecule has 3 rings (SSSR count). The van der Waals surface area contributed by atoms with Gasteiger partial charge in [-0.3, -0.25) is 4.98 Å². The zero-order chi connectivity index (χ0) is 12.4. The molecule has 1 aliphatic rings. The number of nitrogens with zero attached hydrogens (tertiary/aromatic N) is 1. The number of pyridine rings is 1. The zero-order valence-electron chi connectivity index (χ0n) is 11.3. The van der Waals surface area contributed by atoms with Gasteiger partial charge in [-0.25, -0.2) is 0 Å². The number of aryl methyl sites for hydroxylation is 2. The third-order valence-electron chi connectivity index (χ3n) is 3.61. The van der Waals surface area contributed by atoms with Gasteiger partial charge in [0.25, 0.3) is 0 Å². The predicted octanol–water partition coefficient (Wildman–Crippen LogP) is 3.58. The highest BCUT2D eigenvalue weighted by Crippen LogP contribution is 2.24. The van der Waals surface area contributed by atoms with E-state index in [0.29, 0.717) is 6.54 Å². The second-order valence-electron chi connectivity index (χ2n) is 4.89. The van der Waals surface area contributed by atoms with Crippen LogP contribution >= 0.6 is 24.8 Å². The summed E-state index contributed by atoms with van der Waals surface area (Å²) >= 11 is 0. The van der Waals surface area contributed by atoms with Crippen molar-refractivity contribution in [1.29, 1.82) is 0 Å². The zero-order valence-corrected chi connectivity index (χ0v) is 13.0. The van der Waals surface area contributed by atoms with Crippen LogP contribution in [0.15, 0.2) is 36.4 Å². The third kappa shape index (κ3) is 3.51. The molecule has 4 heteroatoms. The van der Waals surface area contributed by atoms with Crippen LogP contribution in [-0.2, 0) is 19.3 Å². The number of hydrogen-bond acceptors (Lipinski definition) is 2. The number of nitrogens with two attached hydrogens (primary N) is 1. The Morgan fingerprint density at radius 1 is 0.950 bits per heavy atom. The van der Waals surface area contributed by atoms with Crippen molar-refractivity contribution in [3.05, 3.63) is 53.2 Å². The molecule has 1 heterocycles. The highest BCUT2D eigenvalue weighted by molar-refractivity contribution is 5.85. The smallest absolute Gasteiger partial charge is 0.0705 e. The van der Waals surface area contributed by atoms with Crippen LogP contribution in [0, 0.1) is 0 Å². The lowest BCUT2D eigenvalue weighted by Crippen LogP contribution is -2.02. The highest BCUT2D eigenvalue weighted by Gasteiger charge is 2.12. The van der Waals surface area contributed by atoms with Gasteiger partial charge in [-0.1, -0.05) is 30.3 Å². The molecular formula is C16H20Cl2N2. The molecule has 0 saturated carbocycles. The average molecular weight is 311 g/mol. The molecule has 20 heavy (non-hydrogen) atoms. The standard InChI is InChI=1S/C16H18N2.2ClH/c17-11-10-12-4-6-14(7-5-12)16-9-8-13-2-1-3-15(13)18-16;;/h4-9H,1-3,10-11,17H2;2*1H. The van der Waals surface area contributed by atoms with Gasteiger partial charge in [0.15, 0.2) is 0 Å². The highest BCUT2D eigenvalue weighted by atomic mass is 35.5. The van der Waals surface area contributed by atoms with Gasteiger partial charge >= 0.3 is 0 Å². The van der Waals surface area contributed by atoms with E-state index in [1.165, 1.54) is 35.2 Å². The summed E-state index contributed by atoms with van der Waals surface area (Å²) in [5, 5.41) is 0. The molecule has 0 aliphatic heterocycles. The van der Waals surface area contributed by atoms with E-state index >= 15 is 0 Å². The van der Waals surface area contributed by atoms with Crippen LogP contribution in [-0.4, -0.2) is 11.5 Å². The minimum atomic E-state index is 0. The SMILES string of the molecule is Cl.Cl.NCCc1ccc(-c2ccc3c(n2)CCC3)cc1. The summed E-state index contributed by atoms with van der Waals surface area (Å²) in [5.74, 6) is 0. The van der Waals surface area contributed by atoms with Crippen molar-refractivity contribution in [3.63, 3.8) is 0 Å². The van der Waals surface area contributed by atoms with Crippen molar-refractivity contribution in [2.75, 3.05) is 6.54 Å². The van der Waals surface area contributed by atoms with E-state index < -0.39 is 0 Å². The second kappa shape index (κ2) is 7.63. The van der Waals surface area contributed by atoms with Crippen LogP contribution < -0.4 is 5.73 Å². The molecule has 0 spiro atoms. The Labute approximate surface area is 132 Å². The fraction of sp³-hybridized carbons (Fsp3) is 0.312. The quantitative estimate of drug-likeness (QED) is 0.941. The van der Waals surface area contributed by atoms with E-state index in [-0.39, 0.29) is 24.8 Å². The normalized spacial score (nSPS) is 12.2. The maximum atomic E-state index is 5.56. The topological polar surface area (TPSA) is 38.9 Å². The van der Waals surface area contributed by atoms with Crippen molar-refractivity contribution in [1.82, 2.24) is 4.98 Å². The Morgan fingerprint density at radius 3 is 2.40 bits per heavy atom. The first kappa shape index (κ1) is 17.0. The lowest BCUT2D eigenvalue weighted by Gasteiger charge is -2.05. The average Bonchev–Trinajstić information content (AvgIpc) is 2.87. The van der Waals surface area contributed by atoms with Crippen molar-refractivity contribution in [3.8, 4) is 11.3 Å². The molecule has 2 N–H and O–H groups in total. The van der Waals surface area contributed by atoms with Gasteiger partial charge < -0.3 is 5.73 Å². The number of fused-ring (bicyclic) bond motifs is 1. The summed E-state index contributed by atoms with van der Waals surface area (Å²) in [6.45, 7) is 0.705. The van der Waals surface area contributed by atoms with Crippen molar-refractivity contribution < 1.29 is 0 Å². The van der Waals surface area contributed by atoms with Gasteiger partial charge in [0, 0.05) is 11.3 Å². The first-order chi connectivity index (χ1) is 8.86. The van der Waals surface area contributed by atoms with E-state index in [0.717, 1.165) is 18.5 Å². The summed E-state index contributed by atoms with van der Waals surface area (Å²) in [6.07, 6.45) is 4.52. The maximum absolute atomic E-state index is 5.56. The van der Waals surface area contributed by atoms with Crippen molar-refractivity contribution in [2.24, 2.45) is 5.73 Å². The first-order valence-corrected chi connectivity index (χ1v) is 6.65. The van der Waals surface area contributed by atoms with Gasteiger partial charge in [-0.15, -0.1) is 24.8 Å². The molecule has 0 bridgehead atoms. The molecule has 108 valence electrons. The van der Waals surface area contributed by atoms with Crippen LogP contribution in [0.1, 0.15) is 23.2 Å². The Morgan fingerprint density at radius 2 is 1.70 bits per heavy atom. The predicted molar refractivity (Wildman–Crippen MR) is 89.0 cm³/mol. The van der Waals surface area contributed by atoms with Crippen molar-refractivity contribution in [2.45, 2.75) is 25.7 Å². The molecule has 1 aliphatic carbocycles. The number of aromatic nitrogens is 1. The summed E-state index contributed by atoms with van der Waals surface area (Å²) in [7, 11) is 0. The lowest BCUT2D eigenvalue weighted by molar-refractivity contribution is 0.900. The number of hydrogen-bond donors (Lipinski definition) is 1. The number of benzene rings is 1. The Balaban J connectivity index is 0.000001000. The third-order valence-corrected chi connectivity index (χ3v) is 3.61. The molecule has 0 saturated heterocycles. The Kier molecular flexibility index (Phi) is 6.47. The molecule has 2 nitrogen and oxygen atoms in total. The fourth-order valence-corrected chi connectivity index (χ4v) is 2.59. The lowest BCUT2D eigenvalue weighted by atomic mass is 10.1. The Bertz CT molecular complexity index is 553. The molecule has 2 aromatic rings. The number of rotatable bonds is 3. The van der Waals surface area contributed by atoms with Crippen LogP contribution in [0.5, 0.6) is 0 Å². The van der Waals surface area contributed by atoms with E-state index in [1.54, 1.807) is 0 Å². The molecule has 0 fully saturated rings. The first-order valence-electron chi connectivity index (χ1n) is 6.65. The van der Waals surface area contributed by atoms with E-state index in [9.17, 15) is 0 Å². The monoisotopic (exact) mass is 310 g/mol. The van der Waals surface area contributed by atoms with E-state index in [2.05, 4.69) is 36.4 Å². The second-order valence-corrected chi connectivity index (χ2v) is 4.89. The van der Waals surface area contributed by atoms with E-state index in [1.807, 2.05) is 0 Å². The summed E-state index contributed by atoms with van der Waals surface area (Å²) in [5.41, 5.74) is 11.9. The van der Waals surface area contributed by atoms with Crippen LogP contribution in [0.2, 0.25) is 0 Å². The van der Waals surface area contributed by atoms with Gasteiger partial charge in [-0.2, -0.15) is 0 Å². The van der Waals surface area contributed by atoms with Crippen LogP contribution in [0.25, 0.3) is 11.3 Å². The molecule has 1 aromatic carbocycles. The van der Waals surface area contributed by atoms with E-state index in [4.69, 9.17) is 10.7 Å². The van der Waals surface area contributed by atoms with Gasteiger partial charge in [0.2, 0.25) is 0 Å². The minimum absolute atomic E-state index is 0. The molecule has 0 radical (unpaired) electrons. The van der Waals surface area contributed by atoms with Gasteiger partial charge in [0.05, 0.1) is 5.69 Å². The van der Waals surface area contributed by atoms with Crippen LogP contribution in [0.4, 0.5) is 0 Å². The largest absolute Gasteiger partial charge is 0.330 e. The fourth-order valence-electron chi connectivity index (χ4n) is 2.59. The Hall–Kier alpha value is -1.09. The molecule has 0 unspecified atom stereocenters. The summed E-state index contributed by atoms with van der Waals surface area (Å²) in [6, 6.07) is 13.0. The van der Waals surface area contributed by atoms with Crippen LogP contribution in [0.3, 0.4) is 0 Å². The number of halogens is 2. The summed E-state index contributed by atoms with van der Waals surface area (Å²) < 4.78 is 0. The molecule has 0 amide bonds. The van der Waals surface area contributed by atoms with Gasteiger partial charge in [0.1, 0.15) is 0 Å². The minimum Gasteiger partial charge on any atom is -0.330 e. The molecular weight excluding hydrogens is 291 g/mol. The maximum Gasteiger partial charge on any atom is 0.0705 e.